The zero-order chi connectivity index (χ0) is 11.2. The molecule has 7 heteroatoms. The van der Waals surface area contributed by atoms with Gasteiger partial charge in [0.25, 0.3) is 0 Å². The molecule has 2 heterocycles. The number of rotatable bonds is 4. The normalized spacial score (nSPS) is 39.8. The van der Waals surface area contributed by atoms with Gasteiger partial charge in [-0.3, -0.25) is 0 Å². The van der Waals surface area contributed by atoms with Crippen molar-refractivity contribution in [2.24, 2.45) is 11.8 Å². The van der Waals surface area contributed by atoms with Gasteiger partial charge in [-0.2, -0.15) is 0 Å². The SMILES string of the molecule is Cl.O=S(=O)(CC1CCCO1)NC1C2CNCC21. The van der Waals surface area contributed by atoms with Crippen LogP contribution in [0.15, 0.2) is 0 Å². The highest BCUT2D eigenvalue weighted by Gasteiger charge is 2.54. The largest absolute Gasteiger partial charge is 0.377 e. The molecule has 3 aliphatic rings. The Balaban J connectivity index is 0.00000108. The van der Waals surface area contributed by atoms with Crippen LogP contribution in [0.25, 0.3) is 0 Å². The van der Waals surface area contributed by atoms with Gasteiger partial charge in [-0.05, 0) is 37.8 Å². The van der Waals surface area contributed by atoms with E-state index in [-0.39, 0.29) is 30.3 Å². The fraction of sp³-hybridized carbons (Fsp3) is 1.00. The van der Waals surface area contributed by atoms with Gasteiger partial charge >= 0.3 is 0 Å². The third-order valence-electron chi connectivity index (χ3n) is 3.84. The number of fused-ring (bicyclic) bond motifs is 1. The van der Waals surface area contributed by atoms with E-state index in [2.05, 4.69) is 10.0 Å². The molecule has 100 valence electrons. The Morgan fingerprint density at radius 3 is 2.59 bits per heavy atom. The van der Waals surface area contributed by atoms with E-state index >= 15 is 0 Å². The van der Waals surface area contributed by atoms with Crippen molar-refractivity contribution in [3.63, 3.8) is 0 Å². The molecule has 0 amide bonds. The summed E-state index contributed by atoms with van der Waals surface area (Å²) in [4.78, 5) is 0. The van der Waals surface area contributed by atoms with Gasteiger partial charge in [0, 0.05) is 12.6 Å². The van der Waals surface area contributed by atoms with Crippen LogP contribution in [-0.4, -0.2) is 46.0 Å². The predicted octanol–water partition coefficient (Wildman–Crippen LogP) is -0.276. The lowest BCUT2D eigenvalue weighted by Gasteiger charge is -2.12. The van der Waals surface area contributed by atoms with Crippen LogP contribution in [0.2, 0.25) is 0 Å². The van der Waals surface area contributed by atoms with E-state index in [0.29, 0.717) is 18.4 Å². The summed E-state index contributed by atoms with van der Waals surface area (Å²) in [7, 11) is -3.15. The van der Waals surface area contributed by atoms with Gasteiger partial charge in [-0.25, -0.2) is 13.1 Å². The van der Waals surface area contributed by atoms with E-state index in [1.165, 1.54) is 0 Å². The molecule has 3 atom stereocenters. The second kappa shape index (κ2) is 5.01. The number of hydrogen-bond acceptors (Lipinski definition) is 4. The van der Waals surface area contributed by atoms with Gasteiger partial charge in [-0.15, -0.1) is 12.4 Å². The standard InChI is InChI=1S/C10H18N2O3S.ClH/c13-16(14,6-7-2-1-3-15-7)12-10-8-4-11-5-9(8)10;/h7-12H,1-6H2;1H. The molecule has 0 radical (unpaired) electrons. The van der Waals surface area contributed by atoms with E-state index in [0.717, 1.165) is 25.9 Å². The smallest absolute Gasteiger partial charge is 0.214 e. The Morgan fingerprint density at radius 2 is 2.00 bits per heavy atom. The maximum Gasteiger partial charge on any atom is 0.214 e. The first-order valence-corrected chi connectivity index (χ1v) is 7.63. The third-order valence-corrected chi connectivity index (χ3v) is 5.28. The van der Waals surface area contributed by atoms with Crippen molar-refractivity contribution in [2.45, 2.75) is 25.0 Å². The van der Waals surface area contributed by atoms with Gasteiger partial charge in [0.15, 0.2) is 0 Å². The molecule has 0 spiro atoms. The van der Waals surface area contributed by atoms with Gasteiger partial charge in [0.1, 0.15) is 0 Å². The van der Waals surface area contributed by atoms with E-state index in [1.54, 1.807) is 0 Å². The van der Waals surface area contributed by atoms with Crippen molar-refractivity contribution in [3.05, 3.63) is 0 Å². The summed E-state index contributed by atoms with van der Waals surface area (Å²) >= 11 is 0. The lowest BCUT2D eigenvalue weighted by molar-refractivity contribution is 0.127. The number of halogens is 1. The van der Waals surface area contributed by atoms with Crippen molar-refractivity contribution >= 4 is 22.4 Å². The van der Waals surface area contributed by atoms with Crippen LogP contribution >= 0.6 is 12.4 Å². The lowest BCUT2D eigenvalue weighted by atomic mass is 10.3. The predicted molar refractivity (Wildman–Crippen MR) is 66.8 cm³/mol. The van der Waals surface area contributed by atoms with Gasteiger partial charge in [0.2, 0.25) is 10.0 Å². The molecular formula is C10H19ClN2O3S. The number of hydrogen-bond donors (Lipinski definition) is 2. The molecule has 0 aromatic rings. The monoisotopic (exact) mass is 282 g/mol. The molecule has 2 saturated heterocycles. The quantitative estimate of drug-likeness (QED) is 0.745. The van der Waals surface area contributed by atoms with Gasteiger partial charge in [0.05, 0.1) is 11.9 Å². The molecule has 0 aromatic heterocycles. The van der Waals surface area contributed by atoms with Crippen molar-refractivity contribution in [2.75, 3.05) is 25.4 Å². The van der Waals surface area contributed by atoms with E-state index in [9.17, 15) is 8.42 Å². The second-order valence-corrected chi connectivity index (χ2v) is 6.84. The molecule has 1 saturated carbocycles. The number of sulfonamides is 1. The molecule has 2 N–H and O–H groups in total. The van der Waals surface area contributed by atoms with Crippen LogP contribution in [0, 0.1) is 11.8 Å². The topological polar surface area (TPSA) is 67.4 Å². The van der Waals surface area contributed by atoms with Crippen molar-refractivity contribution in [1.82, 2.24) is 10.0 Å². The molecule has 2 aliphatic heterocycles. The summed E-state index contributed by atoms with van der Waals surface area (Å²) in [6, 6.07) is 0.188. The molecule has 17 heavy (non-hydrogen) atoms. The minimum absolute atomic E-state index is 0. The van der Waals surface area contributed by atoms with Crippen LogP contribution in [0.5, 0.6) is 0 Å². The number of ether oxygens (including phenoxy) is 1. The third kappa shape index (κ3) is 2.93. The van der Waals surface area contributed by atoms with Crippen molar-refractivity contribution in [1.29, 1.82) is 0 Å². The minimum atomic E-state index is -3.15. The molecular weight excluding hydrogens is 264 g/mol. The highest BCUT2D eigenvalue weighted by molar-refractivity contribution is 7.89. The Kier molecular flexibility index (Phi) is 3.99. The second-order valence-electron chi connectivity index (χ2n) is 5.05. The molecule has 3 fully saturated rings. The Hall–Kier alpha value is 0.120. The minimum Gasteiger partial charge on any atom is -0.377 e. The highest BCUT2D eigenvalue weighted by atomic mass is 35.5. The van der Waals surface area contributed by atoms with E-state index < -0.39 is 10.0 Å². The molecule has 3 unspecified atom stereocenters. The molecule has 5 nitrogen and oxygen atoms in total. The molecule has 1 aliphatic carbocycles. The van der Waals surface area contributed by atoms with Crippen molar-refractivity contribution < 1.29 is 13.2 Å². The number of nitrogens with one attached hydrogen (secondary N) is 2. The van der Waals surface area contributed by atoms with Gasteiger partial charge in [-0.1, -0.05) is 0 Å². The van der Waals surface area contributed by atoms with E-state index in [1.807, 2.05) is 0 Å². The Morgan fingerprint density at radius 1 is 1.29 bits per heavy atom. The number of piperidine rings is 1. The summed E-state index contributed by atoms with van der Waals surface area (Å²) in [5, 5.41) is 3.25. The summed E-state index contributed by atoms with van der Waals surface area (Å²) in [6.45, 7) is 2.62. The molecule has 0 bridgehead atoms. The average Bonchev–Trinajstić information content (AvgIpc) is 2.68. The molecule has 3 rings (SSSR count). The zero-order valence-corrected chi connectivity index (χ0v) is 11.2. The van der Waals surface area contributed by atoms with Crippen molar-refractivity contribution in [3.8, 4) is 0 Å². The summed E-state index contributed by atoms with van der Waals surface area (Å²) in [6.07, 6.45) is 1.77. The van der Waals surface area contributed by atoms with Gasteiger partial charge < -0.3 is 10.1 Å². The first-order valence-electron chi connectivity index (χ1n) is 5.98. The first kappa shape index (κ1) is 13.5. The molecule has 0 aromatic carbocycles. The fourth-order valence-electron chi connectivity index (χ4n) is 2.87. The van der Waals surface area contributed by atoms with Crippen LogP contribution in [0.4, 0.5) is 0 Å². The lowest BCUT2D eigenvalue weighted by Crippen LogP contribution is -2.37. The van der Waals surface area contributed by atoms with Crippen LogP contribution < -0.4 is 10.0 Å². The Labute approximate surface area is 108 Å². The average molecular weight is 283 g/mol. The summed E-state index contributed by atoms with van der Waals surface area (Å²) in [5.74, 6) is 1.19. The fourth-order valence-corrected chi connectivity index (χ4v) is 4.48. The Bertz CT molecular complexity index is 360. The maximum absolute atomic E-state index is 11.9. The van der Waals surface area contributed by atoms with E-state index in [4.69, 9.17) is 4.74 Å². The van der Waals surface area contributed by atoms with Crippen LogP contribution in [0.3, 0.4) is 0 Å². The zero-order valence-electron chi connectivity index (χ0n) is 9.59. The van der Waals surface area contributed by atoms with Crippen LogP contribution in [0.1, 0.15) is 12.8 Å². The summed E-state index contributed by atoms with van der Waals surface area (Å²) < 4.78 is 31.9. The van der Waals surface area contributed by atoms with Crippen LogP contribution in [-0.2, 0) is 14.8 Å². The first-order chi connectivity index (χ1) is 7.66. The maximum atomic E-state index is 11.9. The highest BCUT2D eigenvalue weighted by Crippen LogP contribution is 2.42. The summed E-state index contributed by atoms with van der Waals surface area (Å²) in [5.41, 5.74) is 0.